The molecular weight excluding hydrogens is 518 g/mol. The fourth-order valence-corrected chi connectivity index (χ4v) is 5.03. The van der Waals surface area contributed by atoms with Crippen molar-refractivity contribution in [1.82, 2.24) is 20.1 Å². The van der Waals surface area contributed by atoms with Crippen LogP contribution in [0.1, 0.15) is 32.4 Å². The van der Waals surface area contributed by atoms with Crippen LogP contribution in [-0.4, -0.2) is 39.7 Å². The van der Waals surface area contributed by atoms with Crippen molar-refractivity contribution in [3.8, 4) is 10.8 Å². The number of hydrogen-bond donors (Lipinski definition) is 2. The Morgan fingerprint density at radius 2 is 1.86 bits per heavy atom. The quantitative estimate of drug-likeness (QED) is 0.312. The smallest absolute Gasteiger partial charge is 0.319 e. The van der Waals surface area contributed by atoms with E-state index in [-0.39, 0.29) is 34.9 Å². The molecule has 190 valence electrons. The van der Waals surface area contributed by atoms with E-state index in [1.165, 1.54) is 13.2 Å². The summed E-state index contributed by atoms with van der Waals surface area (Å²) in [6.07, 6.45) is -0.370. The predicted molar refractivity (Wildman–Crippen MR) is 136 cm³/mol. The van der Waals surface area contributed by atoms with Gasteiger partial charge in [0.25, 0.3) is 0 Å². The molecule has 0 spiro atoms. The number of carbonyl (C=O) groups excluding carboxylic acids is 3. The van der Waals surface area contributed by atoms with E-state index in [9.17, 15) is 19.5 Å². The van der Waals surface area contributed by atoms with Crippen LogP contribution in [-0.2, 0) is 17.8 Å². The van der Waals surface area contributed by atoms with E-state index in [1.807, 2.05) is 0 Å². The third-order valence-electron chi connectivity index (χ3n) is 5.27. The van der Waals surface area contributed by atoms with Gasteiger partial charge < -0.3 is 25.3 Å². The number of aliphatic carboxylic acids is 1. The Hall–Kier alpha value is -4.22. The normalized spacial score (nSPS) is 10.7. The molecule has 0 fully saturated rings. The number of carboxylic acids is 1. The Bertz CT molecular complexity index is 1480. The molecule has 0 unspecified atom stereocenters. The Kier molecular flexibility index (Phi) is 7.85. The van der Waals surface area contributed by atoms with E-state index in [0.717, 1.165) is 11.3 Å². The van der Waals surface area contributed by atoms with Crippen molar-refractivity contribution in [2.24, 2.45) is 0 Å². The third-order valence-corrected chi connectivity index (χ3v) is 6.72. The lowest BCUT2D eigenvalue weighted by molar-refractivity contribution is -0.304. The van der Waals surface area contributed by atoms with Crippen molar-refractivity contribution in [1.29, 1.82) is 0 Å². The molecule has 2 heterocycles. The highest BCUT2D eigenvalue weighted by atomic mass is 35.5. The summed E-state index contributed by atoms with van der Waals surface area (Å²) in [5.74, 6) is -0.285. The number of anilines is 1. The van der Waals surface area contributed by atoms with Crippen LogP contribution in [0, 0.1) is 6.92 Å². The number of carbonyl (C=O) groups is 3. The maximum Gasteiger partial charge on any atom is 0.319 e. The van der Waals surface area contributed by atoms with Crippen molar-refractivity contribution in [2.75, 3.05) is 12.4 Å². The molecule has 4 aromatic rings. The zero-order valence-electron chi connectivity index (χ0n) is 19.8. The van der Waals surface area contributed by atoms with Crippen LogP contribution in [0.3, 0.4) is 0 Å². The van der Waals surface area contributed by atoms with Crippen molar-refractivity contribution in [3.63, 3.8) is 0 Å². The number of rotatable bonds is 9. The number of methoxy groups -OCH3 is 1. The van der Waals surface area contributed by atoms with Crippen molar-refractivity contribution in [3.05, 3.63) is 87.3 Å². The first kappa shape index (κ1) is 25.9. The van der Waals surface area contributed by atoms with Gasteiger partial charge in [-0.05, 0) is 37.3 Å². The first-order chi connectivity index (χ1) is 17.8. The zero-order chi connectivity index (χ0) is 26.5. The van der Waals surface area contributed by atoms with Gasteiger partial charge in [-0.3, -0.25) is 9.36 Å². The van der Waals surface area contributed by atoms with Crippen LogP contribution in [0.5, 0.6) is 5.75 Å². The van der Waals surface area contributed by atoms with Crippen LogP contribution in [0.25, 0.3) is 5.00 Å². The largest absolute Gasteiger partial charge is 0.550 e. The van der Waals surface area contributed by atoms with Gasteiger partial charge in [0.2, 0.25) is 0 Å². The van der Waals surface area contributed by atoms with E-state index in [0.29, 0.717) is 33.0 Å². The molecule has 0 aliphatic carbocycles. The summed E-state index contributed by atoms with van der Waals surface area (Å²) in [5.41, 5.74) is 1.04. The fourth-order valence-electron chi connectivity index (χ4n) is 3.60. The van der Waals surface area contributed by atoms with Crippen LogP contribution in [0.15, 0.2) is 54.6 Å². The highest BCUT2D eigenvalue weighted by Crippen LogP contribution is 2.32. The fraction of sp³-hybridized carbons (Fsp3) is 0.160. The van der Waals surface area contributed by atoms with E-state index >= 15 is 0 Å². The molecule has 4 rings (SSSR count). The van der Waals surface area contributed by atoms with E-state index in [1.54, 1.807) is 60.0 Å². The van der Waals surface area contributed by atoms with Gasteiger partial charge in [-0.1, -0.05) is 29.8 Å². The summed E-state index contributed by atoms with van der Waals surface area (Å²) in [6.45, 7) is 1.67. The van der Waals surface area contributed by atoms with Gasteiger partial charge in [0.05, 0.1) is 24.2 Å². The SMILES string of the molecule is COc1cccc(NC(=O)NCc2nnc(C)n2-c2sc(CC(=O)[O-])cc2C(=O)c2ccccc2Cl)c1. The lowest BCUT2D eigenvalue weighted by Gasteiger charge is -2.11. The van der Waals surface area contributed by atoms with Gasteiger partial charge in [-0.2, -0.15) is 0 Å². The molecule has 0 saturated carbocycles. The van der Waals surface area contributed by atoms with E-state index in [4.69, 9.17) is 16.3 Å². The van der Waals surface area contributed by atoms with E-state index < -0.39 is 12.0 Å². The Morgan fingerprint density at radius 1 is 1.08 bits per heavy atom. The second-order valence-electron chi connectivity index (χ2n) is 7.83. The highest BCUT2D eigenvalue weighted by molar-refractivity contribution is 7.15. The second kappa shape index (κ2) is 11.2. The number of aromatic nitrogens is 3. The monoisotopic (exact) mass is 538 g/mol. The summed E-state index contributed by atoms with van der Waals surface area (Å²) < 4.78 is 6.77. The third kappa shape index (κ3) is 5.96. The number of urea groups is 1. The second-order valence-corrected chi connectivity index (χ2v) is 9.35. The summed E-state index contributed by atoms with van der Waals surface area (Å²) in [6, 6.07) is 14.5. The maximum absolute atomic E-state index is 13.4. The molecule has 0 saturated heterocycles. The predicted octanol–water partition coefficient (Wildman–Crippen LogP) is 3.14. The molecule has 0 aliphatic rings. The van der Waals surface area contributed by atoms with Gasteiger partial charge in [0, 0.05) is 34.6 Å². The van der Waals surface area contributed by atoms with Crippen LogP contribution < -0.4 is 20.5 Å². The molecule has 0 bridgehead atoms. The van der Waals surface area contributed by atoms with Crippen LogP contribution in [0.4, 0.5) is 10.5 Å². The number of ketones is 1. The number of nitrogens with one attached hydrogen (secondary N) is 2. The average Bonchev–Trinajstić information content (AvgIpc) is 3.44. The van der Waals surface area contributed by atoms with Crippen LogP contribution in [0.2, 0.25) is 5.02 Å². The number of benzene rings is 2. The van der Waals surface area contributed by atoms with Gasteiger partial charge in [0.1, 0.15) is 16.6 Å². The first-order valence-electron chi connectivity index (χ1n) is 11.0. The van der Waals surface area contributed by atoms with Crippen molar-refractivity contribution in [2.45, 2.75) is 19.9 Å². The Balaban J connectivity index is 1.63. The lowest BCUT2D eigenvalue weighted by atomic mass is 10.0. The molecule has 2 aromatic carbocycles. The molecule has 12 heteroatoms. The number of carboxylic acid groups (broad SMARTS) is 1. The molecule has 2 aromatic heterocycles. The minimum absolute atomic E-state index is 0.0237. The van der Waals surface area contributed by atoms with Crippen molar-refractivity contribution >= 4 is 46.4 Å². The van der Waals surface area contributed by atoms with Crippen LogP contribution >= 0.6 is 22.9 Å². The summed E-state index contributed by atoms with van der Waals surface area (Å²) >= 11 is 7.35. The number of ether oxygens (including phenoxy) is 1. The number of amides is 2. The molecule has 0 atom stereocenters. The zero-order valence-corrected chi connectivity index (χ0v) is 21.4. The standard InChI is InChI=1S/C25H22ClN5O5S/c1-14-29-30-21(13-27-25(35)28-15-6-5-7-16(10-15)36-2)31(14)24-19(11-17(37-24)12-22(32)33)23(34)18-8-3-4-9-20(18)26/h3-11H,12-13H2,1-2H3,(H,32,33)(H2,27,28,35)/p-1. The number of halogens is 1. The van der Waals surface area contributed by atoms with Gasteiger partial charge >= 0.3 is 6.03 Å². The molecule has 37 heavy (non-hydrogen) atoms. The van der Waals surface area contributed by atoms with Gasteiger partial charge in [0.15, 0.2) is 11.6 Å². The van der Waals surface area contributed by atoms with Gasteiger partial charge in [-0.25, -0.2) is 4.79 Å². The molecule has 0 radical (unpaired) electrons. The summed E-state index contributed by atoms with van der Waals surface area (Å²) in [5, 5.41) is 25.6. The Morgan fingerprint density at radius 3 is 2.59 bits per heavy atom. The molecule has 10 nitrogen and oxygen atoms in total. The maximum atomic E-state index is 13.4. The number of nitrogens with zero attached hydrogens (tertiary/aromatic N) is 3. The lowest BCUT2D eigenvalue weighted by Crippen LogP contribution is -2.29. The summed E-state index contributed by atoms with van der Waals surface area (Å²) in [4.78, 5) is 37.6. The molecular formula is C25H21ClN5O5S-. The topological polar surface area (TPSA) is 138 Å². The number of aryl methyl sites for hydroxylation is 1. The first-order valence-corrected chi connectivity index (χ1v) is 12.2. The Labute approximate surface area is 220 Å². The molecule has 2 N–H and O–H groups in total. The number of hydrogen-bond acceptors (Lipinski definition) is 8. The number of thiophene rings is 1. The van der Waals surface area contributed by atoms with E-state index in [2.05, 4.69) is 20.8 Å². The summed E-state index contributed by atoms with van der Waals surface area (Å²) in [7, 11) is 1.53. The highest BCUT2D eigenvalue weighted by Gasteiger charge is 2.24. The average molecular weight is 539 g/mol. The van der Waals surface area contributed by atoms with Gasteiger partial charge in [-0.15, -0.1) is 21.5 Å². The minimum atomic E-state index is -1.28. The minimum Gasteiger partial charge on any atom is -0.550 e. The molecule has 0 aliphatic heterocycles. The van der Waals surface area contributed by atoms with Crippen molar-refractivity contribution < 1.29 is 24.2 Å². The molecule has 2 amide bonds.